The van der Waals surface area contributed by atoms with Gasteiger partial charge >= 0.3 is 0 Å². The number of hydrogen-bond acceptors (Lipinski definition) is 9. The number of morpholine rings is 1. The van der Waals surface area contributed by atoms with Crippen molar-refractivity contribution in [2.75, 3.05) is 38.2 Å². The molecule has 4 aromatic heterocycles. The van der Waals surface area contributed by atoms with Gasteiger partial charge < -0.3 is 15.2 Å². The van der Waals surface area contributed by atoms with Gasteiger partial charge in [0.05, 0.1) is 49.3 Å². The number of aliphatic hydroxyl groups excluding tert-OH is 1. The van der Waals surface area contributed by atoms with E-state index in [4.69, 9.17) is 9.72 Å². The molecule has 10 heteroatoms. The highest BCUT2D eigenvalue weighted by Crippen LogP contribution is 2.24. The summed E-state index contributed by atoms with van der Waals surface area (Å²) in [4.78, 5) is 11.5. The van der Waals surface area contributed by atoms with Gasteiger partial charge in [-0.15, -0.1) is 5.10 Å². The molecule has 1 saturated heterocycles. The van der Waals surface area contributed by atoms with Crippen LogP contribution in [0.2, 0.25) is 0 Å². The van der Waals surface area contributed by atoms with E-state index in [2.05, 4.69) is 44.3 Å². The molecule has 0 aromatic carbocycles. The zero-order valence-corrected chi connectivity index (χ0v) is 20.0. The van der Waals surface area contributed by atoms with Crippen molar-refractivity contribution in [1.29, 1.82) is 0 Å². The monoisotopic (exact) mass is 474 g/mol. The summed E-state index contributed by atoms with van der Waals surface area (Å²) in [5.74, 6) is 1.70. The minimum absolute atomic E-state index is 0.365. The van der Waals surface area contributed by atoms with Gasteiger partial charge in [-0.25, -0.2) is 4.98 Å². The molecule has 0 saturated carbocycles. The van der Waals surface area contributed by atoms with Crippen LogP contribution in [0.15, 0.2) is 49.1 Å². The molecule has 0 spiro atoms. The number of nitrogens with one attached hydrogen (secondary N) is 1. The van der Waals surface area contributed by atoms with Crippen molar-refractivity contribution < 1.29 is 9.84 Å². The zero-order chi connectivity index (χ0) is 24.2. The average molecular weight is 475 g/mol. The quantitative estimate of drug-likeness (QED) is 0.398. The smallest absolute Gasteiger partial charge is 0.154 e. The van der Waals surface area contributed by atoms with Crippen LogP contribution in [-0.4, -0.2) is 78.9 Å². The van der Waals surface area contributed by atoms with E-state index in [-0.39, 0.29) is 0 Å². The van der Waals surface area contributed by atoms with Gasteiger partial charge in [-0.2, -0.15) is 10.2 Å². The van der Waals surface area contributed by atoms with Crippen LogP contribution in [0.1, 0.15) is 25.3 Å². The number of nitrogens with zero attached hydrogens (tertiary/aromatic N) is 7. The topological polar surface area (TPSA) is 114 Å². The van der Waals surface area contributed by atoms with Gasteiger partial charge in [0.2, 0.25) is 0 Å². The first kappa shape index (κ1) is 23.3. The number of fused-ring (bicyclic) bond motifs is 1. The van der Waals surface area contributed by atoms with Gasteiger partial charge in [-0.1, -0.05) is 13.8 Å². The zero-order valence-electron chi connectivity index (χ0n) is 20.0. The van der Waals surface area contributed by atoms with Gasteiger partial charge in [0.1, 0.15) is 5.82 Å². The number of aliphatic hydroxyl groups is 1. The lowest BCUT2D eigenvalue weighted by atomic mass is 10.1. The summed E-state index contributed by atoms with van der Waals surface area (Å²) < 4.78 is 7.15. The van der Waals surface area contributed by atoms with Crippen molar-refractivity contribution in [3.63, 3.8) is 0 Å². The molecule has 35 heavy (non-hydrogen) atoms. The van der Waals surface area contributed by atoms with Crippen molar-refractivity contribution >= 4 is 22.7 Å². The van der Waals surface area contributed by atoms with Crippen molar-refractivity contribution in [3.05, 3.63) is 54.6 Å². The first-order valence-corrected chi connectivity index (χ1v) is 11.9. The third-order valence-electron chi connectivity index (χ3n) is 6.07. The lowest BCUT2D eigenvalue weighted by molar-refractivity contribution is 0.0108. The number of pyridine rings is 2. The summed E-state index contributed by atoms with van der Waals surface area (Å²) in [6.45, 7) is 8.42. The molecule has 4 aromatic rings. The number of β-amino-alcohol motifs (C(OH)–C–C–N with tert-alkyl or cyclic N) is 1. The maximum Gasteiger partial charge on any atom is 0.154 e. The molecule has 0 radical (unpaired) electrons. The number of rotatable bonds is 8. The Bertz CT molecular complexity index is 1290. The third-order valence-corrected chi connectivity index (χ3v) is 6.07. The van der Waals surface area contributed by atoms with Crippen LogP contribution in [0.5, 0.6) is 0 Å². The van der Waals surface area contributed by atoms with E-state index < -0.39 is 6.10 Å². The Kier molecular flexibility index (Phi) is 6.94. The Morgan fingerprint density at radius 1 is 1.00 bits per heavy atom. The number of ether oxygens (including phenoxy) is 1. The molecule has 5 rings (SSSR count). The fourth-order valence-electron chi connectivity index (χ4n) is 4.09. The van der Waals surface area contributed by atoms with Crippen LogP contribution in [0.25, 0.3) is 22.2 Å². The Morgan fingerprint density at radius 3 is 2.69 bits per heavy atom. The summed E-state index contributed by atoms with van der Waals surface area (Å²) in [7, 11) is 0. The van der Waals surface area contributed by atoms with Crippen molar-refractivity contribution in [1.82, 2.24) is 34.8 Å². The Labute approximate surface area is 204 Å². The summed E-state index contributed by atoms with van der Waals surface area (Å²) in [6, 6.07) is 7.79. The SMILES string of the molecule is CC(C)c1cnnc(Nc2ccc3ncc(-c4cnn(CC(O)CN5CCOCC5)c4)cc3n2)c1. The van der Waals surface area contributed by atoms with Crippen LogP contribution >= 0.6 is 0 Å². The van der Waals surface area contributed by atoms with E-state index in [0.29, 0.717) is 30.6 Å². The van der Waals surface area contributed by atoms with E-state index in [1.807, 2.05) is 36.7 Å². The van der Waals surface area contributed by atoms with Crippen LogP contribution in [0.3, 0.4) is 0 Å². The molecule has 1 aliphatic rings. The molecule has 1 fully saturated rings. The Morgan fingerprint density at radius 2 is 1.86 bits per heavy atom. The summed E-state index contributed by atoms with van der Waals surface area (Å²) in [6.07, 6.45) is 6.82. The first-order valence-electron chi connectivity index (χ1n) is 11.9. The van der Waals surface area contributed by atoms with E-state index in [9.17, 15) is 5.11 Å². The number of hydrogen-bond donors (Lipinski definition) is 2. The van der Waals surface area contributed by atoms with E-state index in [1.165, 1.54) is 0 Å². The second-order valence-electron chi connectivity index (χ2n) is 9.13. The molecule has 2 N–H and O–H groups in total. The van der Waals surface area contributed by atoms with Crippen molar-refractivity contribution in [2.45, 2.75) is 32.4 Å². The van der Waals surface area contributed by atoms with E-state index in [0.717, 1.165) is 54.0 Å². The predicted octanol–water partition coefficient (Wildman–Crippen LogP) is 2.84. The highest BCUT2D eigenvalue weighted by molar-refractivity contribution is 5.81. The van der Waals surface area contributed by atoms with Crippen molar-refractivity contribution in [2.24, 2.45) is 0 Å². The molecule has 5 heterocycles. The van der Waals surface area contributed by atoms with Gasteiger partial charge in [0.15, 0.2) is 5.82 Å². The molecule has 0 aliphatic carbocycles. The van der Waals surface area contributed by atoms with Gasteiger partial charge in [0, 0.05) is 43.2 Å². The normalized spacial score (nSPS) is 15.5. The molecule has 1 unspecified atom stereocenters. The lowest BCUT2D eigenvalue weighted by Gasteiger charge is -2.28. The number of aromatic nitrogens is 6. The highest BCUT2D eigenvalue weighted by Gasteiger charge is 2.16. The summed E-state index contributed by atoms with van der Waals surface area (Å²) in [5, 5.41) is 26.4. The minimum atomic E-state index is -0.497. The molecule has 0 bridgehead atoms. The third kappa shape index (κ3) is 5.79. The largest absolute Gasteiger partial charge is 0.390 e. The van der Waals surface area contributed by atoms with Crippen LogP contribution in [-0.2, 0) is 11.3 Å². The maximum absolute atomic E-state index is 10.5. The van der Waals surface area contributed by atoms with Crippen molar-refractivity contribution in [3.8, 4) is 11.1 Å². The van der Waals surface area contributed by atoms with Crippen LogP contribution in [0.4, 0.5) is 11.6 Å². The average Bonchev–Trinajstić information content (AvgIpc) is 3.32. The molecule has 1 aliphatic heterocycles. The fraction of sp³-hybridized carbons (Fsp3) is 0.400. The minimum Gasteiger partial charge on any atom is -0.390 e. The Hall–Kier alpha value is -3.47. The second kappa shape index (κ2) is 10.4. The summed E-state index contributed by atoms with van der Waals surface area (Å²) >= 11 is 0. The number of anilines is 2. The van der Waals surface area contributed by atoms with Gasteiger partial charge in [0.25, 0.3) is 0 Å². The molecule has 0 amide bonds. The van der Waals surface area contributed by atoms with Crippen LogP contribution in [0, 0.1) is 0 Å². The maximum atomic E-state index is 10.5. The van der Waals surface area contributed by atoms with E-state index >= 15 is 0 Å². The molecular formula is C25H30N8O2. The van der Waals surface area contributed by atoms with Gasteiger partial charge in [-0.3, -0.25) is 14.6 Å². The second-order valence-corrected chi connectivity index (χ2v) is 9.13. The molecular weight excluding hydrogens is 444 g/mol. The standard InChI is InChI=1S/C25H30N8O2/c1-17(2)18-10-25(31-27-12-18)30-24-4-3-22-23(29-24)9-19(11-26-22)20-13-28-33(14-20)16-21(34)15-32-5-7-35-8-6-32/h3-4,9-14,17,21,34H,5-8,15-16H2,1-2H3,(H,29,30,31). The summed E-state index contributed by atoms with van der Waals surface area (Å²) in [5.41, 5.74) is 4.51. The predicted molar refractivity (Wildman–Crippen MR) is 133 cm³/mol. The first-order chi connectivity index (χ1) is 17.0. The fourth-order valence-corrected chi connectivity index (χ4v) is 4.09. The highest BCUT2D eigenvalue weighted by atomic mass is 16.5. The van der Waals surface area contributed by atoms with Crippen LogP contribution < -0.4 is 5.32 Å². The van der Waals surface area contributed by atoms with E-state index in [1.54, 1.807) is 17.1 Å². The molecule has 1 atom stereocenters. The molecule has 182 valence electrons. The lowest BCUT2D eigenvalue weighted by Crippen LogP contribution is -2.42. The molecule has 10 nitrogen and oxygen atoms in total. The Balaban J connectivity index is 1.29. The van der Waals surface area contributed by atoms with Gasteiger partial charge in [-0.05, 0) is 35.7 Å².